The molecule has 1 aromatic rings. The highest BCUT2D eigenvalue weighted by Gasteiger charge is 2.41. The Morgan fingerprint density at radius 2 is 1.83 bits per heavy atom. The number of methoxy groups -OCH3 is 1. The predicted molar refractivity (Wildman–Crippen MR) is 71.3 cm³/mol. The van der Waals surface area contributed by atoms with E-state index < -0.39 is 0 Å². The van der Waals surface area contributed by atoms with E-state index in [2.05, 4.69) is 0 Å². The van der Waals surface area contributed by atoms with Crippen molar-refractivity contribution < 1.29 is 9.53 Å². The van der Waals surface area contributed by atoms with Gasteiger partial charge in [-0.3, -0.25) is 4.79 Å². The molecule has 0 aromatic heterocycles. The number of fused-ring (bicyclic) bond motifs is 1. The Morgan fingerprint density at radius 1 is 1.17 bits per heavy atom. The van der Waals surface area contributed by atoms with Crippen LogP contribution in [0.5, 0.6) is 5.75 Å². The fourth-order valence-electron chi connectivity index (χ4n) is 3.88. The molecule has 1 saturated carbocycles. The lowest BCUT2D eigenvalue weighted by Crippen LogP contribution is -2.16. The summed E-state index contributed by atoms with van der Waals surface area (Å²) in [7, 11) is 1.72. The first kappa shape index (κ1) is 11.8. The molecule has 18 heavy (non-hydrogen) atoms. The van der Waals surface area contributed by atoms with Gasteiger partial charge in [-0.1, -0.05) is 12.8 Å². The van der Waals surface area contributed by atoms with Crippen molar-refractivity contribution in [3.05, 3.63) is 28.8 Å². The van der Waals surface area contributed by atoms with Crippen molar-refractivity contribution in [3.8, 4) is 5.75 Å². The van der Waals surface area contributed by atoms with Crippen LogP contribution in [-0.4, -0.2) is 12.9 Å². The molecular weight excluding hydrogens is 224 g/mol. The number of rotatable bonds is 2. The van der Waals surface area contributed by atoms with Crippen molar-refractivity contribution in [1.29, 1.82) is 0 Å². The number of hydrogen-bond donors (Lipinski definition) is 0. The molecule has 0 saturated heterocycles. The molecule has 0 atom stereocenters. The molecule has 0 bridgehead atoms. The molecule has 0 aliphatic heterocycles. The number of carbonyl (C=O) groups excluding carboxylic acids is 1. The van der Waals surface area contributed by atoms with Gasteiger partial charge >= 0.3 is 0 Å². The summed E-state index contributed by atoms with van der Waals surface area (Å²) in [4.78, 5) is 11.8. The van der Waals surface area contributed by atoms with Gasteiger partial charge in [0.2, 0.25) is 0 Å². The molecule has 0 radical (unpaired) electrons. The Labute approximate surface area is 108 Å². The van der Waals surface area contributed by atoms with Gasteiger partial charge in [-0.15, -0.1) is 0 Å². The van der Waals surface area contributed by atoms with Crippen LogP contribution in [0.1, 0.15) is 54.1 Å². The molecule has 0 N–H and O–H groups in total. The fourth-order valence-corrected chi connectivity index (χ4v) is 3.88. The molecule has 2 heteroatoms. The highest BCUT2D eigenvalue weighted by atomic mass is 16.5. The molecule has 2 nitrogen and oxygen atoms in total. The van der Waals surface area contributed by atoms with E-state index in [9.17, 15) is 4.79 Å². The number of carbonyl (C=O) groups is 1. The maximum atomic E-state index is 11.8. The maximum absolute atomic E-state index is 11.8. The van der Waals surface area contributed by atoms with Crippen molar-refractivity contribution in [3.63, 3.8) is 0 Å². The standard InChI is InChI=1S/C16H20O2/c1-11(17)12-5-6-15(18-2)14-10-16(9-13(12)14)7-3-4-8-16/h5-6H,3-4,7-10H2,1-2H3. The second kappa shape index (κ2) is 4.11. The van der Waals surface area contributed by atoms with E-state index >= 15 is 0 Å². The molecule has 2 aliphatic rings. The number of benzene rings is 1. The van der Waals surface area contributed by atoms with Crippen molar-refractivity contribution in [2.24, 2.45) is 5.41 Å². The maximum Gasteiger partial charge on any atom is 0.160 e. The van der Waals surface area contributed by atoms with E-state index in [1.54, 1.807) is 14.0 Å². The minimum atomic E-state index is 0.184. The summed E-state index contributed by atoms with van der Waals surface area (Å²) in [5.41, 5.74) is 3.91. The van der Waals surface area contributed by atoms with Crippen molar-refractivity contribution in [2.75, 3.05) is 7.11 Å². The molecule has 2 aliphatic carbocycles. The molecule has 96 valence electrons. The fraction of sp³-hybridized carbons (Fsp3) is 0.562. The summed E-state index contributed by atoms with van der Waals surface area (Å²) < 4.78 is 5.48. The van der Waals surface area contributed by atoms with Crippen LogP contribution in [0.3, 0.4) is 0 Å². The SMILES string of the molecule is COc1ccc(C(C)=O)c2c1CC1(CCCC1)C2. The van der Waals surface area contributed by atoms with Crippen LogP contribution in [0.4, 0.5) is 0 Å². The van der Waals surface area contributed by atoms with Gasteiger partial charge in [0.1, 0.15) is 5.75 Å². The van der Waals surface area contributed by atoms with Gasteiger partial charge in [-0.2, -0.15) is 0 Å². The molecule has 0 amide bonds. The first-order chi connectivity index (χ1) is 8.65. The Hall–Kier alpha value is -1.31. The monoisotopic (exact) mass is 244 g/mol. The topological polar surface area (TPSA) is 26.3 Å². The van der Waals surface area contributed by atoms with Crippen LogP contribution in [0.15, 0.2) is 12.1 Å². The van der Waals surface area contributed by atoms with Crippen LogP contribution in [0, 0.1) is 5.41 Å². The molecule has 3 rings (SSSR count). The number of Topliss-reactive ketones (excluding diaryl/α,β-unsaturated/α-hetero) is 1. The van der Waals surface area contributed by atoms with Crippen LogP contribution in [-0.2, 0) is 12.8 Å². The second-order valence-electron chi connectivity index (χ2n) is 5.89. The Bertz CT molecular complexity index is 496. The van der Waals surface area contributed by atoms with Crippen LogP contribution in [0.25, 0.3) is 0 Å². The van der Waals surface area contributed by atoms with Gasteiger partial charge in [0, 0.05) is 5.56 Å². The zero-order valence-corrected chi connectivity index (χ0v) is 11.2. The second-order valence-corrected chi connectivity index (χ2v) is 5.89. The molecule has 0 unspecified atom stereocenters. The minimum Gasteiger partial charge on any atom is -0.496 e. The van der Waals surface area contributed by atoms with Gasteiger partial charge in [-0.05, 0) is 61.3 Å². The molecule has 1 aromatic carbocycles. The Balaban J connectivity index is 2.08. The van der Waals surface area contributed by atoms with Gasteiger partial charge in [-0.25, -0.2) is 0 Å². The van der Waals surface area contributed by atoms with Crippen molar-refractivity contribution >= 4 is 5.78 Å². The van der Waals surface area contributed by atoms with Crippen molar-refractivity contribution in [2.45, 2.75) is 45.4 Å². The number of ether oxygens (including phenoxy) is 1. The average molecular weight is 244 g/mol. The van der Waals surface area contributed by atoms with Crippen LogP contribution < -0.4 is 4.74 Å². The van der Waals surface area contributed by atoms with Gasteiger partial charge in [0.25, 0.3) is 0 Å². The summed E-state index contributed by atoms with van der Waals surface area (Å²) in [5.74, 6) is 1.16. The normalized spacial score (nSPS) is 20.1. The van der Waals surface area contributed by atoms with Crippen LogP contribution >= 0.6 is 0 Å². The number of ketones is 1. The lowest BCUT2D eigenvalue weighted by atomic mass is 9.83. The summed E-state index contributed by atoms with van der Waals surface area (Å²) in [6, 6.07) is 3.90. The van der Waals surface area contributed by atoms with E-state index in [4.69, 9.17) is 4.74 Å². The van der Waals surface area contributed by atoms with E-state index in [1.165, 1.54) is 36.8 Å². The summed E-state index contributed by atoms with van der Waals surface area (Å²) in [6.07, 6.45) is 7.48. The van der Waals surface area contributed by atoms with E-state index in [-0.39, 0.29) is 5.78 Å². The molecule has 0 heterocycles. The lowest BCUT2D eigenvalue weighted by Gasteiger charge is -2.21. The lowest BCUT2D eigenvalue weighted by molar-refractivity contribution is 0.101. The summed E-state index contributed by atoms with van der Waals surface area (Å²) >= 11 is 0. The highest BCUT2D eigenvalue weighted by molar-refractivity contribution is 5.96. The van der Waals surface area contributed by atoms with Gasteiger partial charge < -0.3 is 4.74 Å². The summed E-state index contributed by atoms with van der Waals surface area (Å²) in [5, 5.41) is 0. The Morgan fingerprint density at radius 3 is 2.44 bits per heavy atom. The molecular formula is C16H20O2. The van der Waals surface area contributed by atoms with E-state index in [1.807, 2.05) is 12.1 Å². The number of hydrogen-bond acceptors (Lipinski definition) is 2. The van der Waals surface area contributed by atoms with Crippen molar-refractivity contribution in [1.82, 2.24) is 0 Å². The molecule has 1 spiro atoms. The smallest absolute Gasteiger partial charge is 0.160 e. The van der Waals surface area contributed by atoms with Crippen LogP contribution in [0.2, 0.25) is 0 Å². The van der Waals surface area contributed by atoms with Gasteiger partial charge in [0.05, 0.1) is 7.11 Å². The zero-order chi connectivity index (χ0) is 12.8. The Kier molecular flexibility index (Phi) is 2.69. The average Bonchev–Trinajstić information content (AvgIpc) is 2.94. The first-order valence-corrected chi connectivity index (χ1v) is 6.85. The predicted octanol–water partition coefficient (Wildman–Crippen LogP) is 3.56. The van der Waals surface area contributed by atoms with E-state index in [0.717, 1.165) is 24.2 Å². The summed E-state index contributed by atoms with van der Waals surface area (Å²) in [6.45, 7) is 1.67. The quantitative estimate of drug-likeness (QED) is 0.744. The first-order valence-electron chi connectivity index (χ1n) is 6.85. The largest absolute Gasteiger partial charge is 0.496 e. The van der Waals surface area contributed by atoms with Gasteiger partial charge in [0.15, 0.2) is 5.78 Å². The van der Waals surface area contributed by atoms with E-state index in [0.29, 0.717) is 5.41 Å². The third kappa shape index (κ3) is 1.66. The molecule has 1 fully saturated rings. The third-order valence-electron chi connectivity index (χ3n) is 4.76. The zero-order valence-electron chi connectivity index (χ0n) is 11.2. The highest BCUT2D eigenvalue weighted by Crippen LogP contribution is 2.51. The third-order valence-corrected chi connectivity index (χ3v) is 4.76. The minimum absolute atomic E-state index is 0.184.